The van der Waals surface area contributed by atoms with Crippen LogP contribution >= 0.6 is 27.5 Å². The molecule has 0 radical (unpaired) electrons. The summed E-state index contributed by atoms with van der Waals surface area (Å²) in [5.41, 5.74) is 0. The Morgan fingerprint density at radius 2 is 1.79 bits per heavy atom. The molecule has 0 fully saturated rings. The number of hydrogen-bond acceptors (Lipinski definition) is 2. The number of hydrogen-bond donors (Lipinski definition) is 0. The maximum Gasteiger partial charge on any atom is 0.171 e. The topological polar surface area (TPSA) is 22.1 Å². The van der Waals surface area contributed by atoms with E-state index in [1.54, 1.807) is 19.4 Å². The van der Waals surface area contributed by atoms with Crippen LogP contribution in [0.2, 0.25) is 5.15 Å². The molecule has 1 heterocycles. The van der Waals surface area contributed by atoms with Gasteiger partial charge in [-0.15, -0.1) is 0 Å². The van der Waals surface area contributed by atoms with Crippen LogP contribution in [0.3, 0.4) is 0 Å². The molecule has 1 aromatic heterocycles. The molecule has 0 N–H and O–H groups in total. The Morgan fingerprint density at radius 1 is 1.29 bits per heavy atom. The number of nitrogens with zero attached hydrogens (tertiary/aromatic N) is 1. The van der Waals surface area contributed by atoms with Crippen molar-refractivity contribution in [3.8, 4) is 5.75 Å². The van der Waals surface area contributed by atoms with E-state index in [-0.39, 0.29) is 0 Å². The predicted octanol–water partition coefficient (Wildman–Crippen LogP) is 4.56. The zero-order valence-electron chi connectivity index (χ0n) is 9.27. The van der Waals surface area contributed by atoms with Crippen molar-refractivity contribution in [1.29, 1.82) is 0 Å². The van der Waals surface area contributed by atoms with E-state index in [0.717, 1.165) is 4.47 Å². The summed E-state index contributed by atoms with van der Waals surface area (Å²) in [5, 5.41) is 0.380. The molecule has 0 saturated heterocycles. The summed E-state index contributed by atoms with van der Waals surface area (Å²) >= 11 is 8.88. The van der Waals surface area contributed by atoms with E-state index >= 15 is 0 Å². The lowest BCUT2D eigenvalue weighted by atomic mass is 10.5. The molecule has 1 rings (SSSR count). The Hall–Kier alpha value is -0.280. The van der Waals surface area contributed by atoms with E-state index in [2.05, 4.69) is 20.9 Å². The molecule has 1 aromatic rings. The van der Waals surface area contributed by atoms with E-state index < -0.39 is 0 Å². The Labute approximate surface area is 99.8 Å². The molecule has 4 heteroatoms. The van der Waals surface area contributed by atoms with Gasteiger partial charge in [-0.1, -0.05) is 39.3 Å². The second-order valence-electron chi connectivity index (χ2n) is 1.65. The maximum atomic E-state index is 5.64. The van der Waals surface area contributed by atoms with E-state index in [4.69, 9.17) is 16.3 Å². The molecule has 0 amide bonds. The molecule has 2 nitrogen and oxygen atoms in total. The van der Waals surface area contributed by atoms with Gasteiger partial charge in [0.1, 0.15) is 0 Å². The van der Waals surface area contributed by atoms with Crippen LogP contribution in [0.5, 0.6) is 5.75 Å². The second kappa shape index (κ2) is 10.8. The van der Waals surface area contributed by atoms with Crippen LogP contribution in [0.15, 0.2) is 16.7 Å². The molecule has 0 saturated carbocycles. The highest BCUT2D eigenvalue weighted by atomic mass is 79.9. The SMILES string of the molecule is CC.CC.COc1cc(Br)cnc1Cl. The third-order valence-corrected chi connectivity index (χ3v) is 1.71. The van der Waals surface area contributed by atoms with Crippen molar-refractivity contribution in [2.75, 3.05) is 7.11 Å². The summed E-state index contributed by atoms with van der Waals surface area (Å²) in [6.07, 6.45) is 1.62. The van der Waals surface area contributed by atoms with Crippen LogP contribution in [-0.4, -0.2) is 12.1 Å². The van der Waals surface area contributed by atoms with Gasteiger partial charge >= 0.3 is 0 Å². The van der Waals surface area contributed by atoms with Crippen LogP contribution in [-0.2, 0) is 0 Å². The Balaban J connectivity index is 0. The number of methoxy groups -OCH3 is 1. The summed E-state index contributed by atoms with van der Waals surface area (Å²) in [4.78, 5) is 3.84. The maximum absolute atomic E-state index is 5.64. The first-order valence-electron chi connectivity index (χ1n) is 4.59. The van der Waals surface area contributed by atoms with Gasteiger partial charge in [0.15, 0.2) is 10.9 Å². The summed E-state index contributed by atoms with van der Waals surface area (Å²) in [5.74, 6) is 0.580. The van der Waals surface area contributed by atoms with Gasteiger partial charge in [-0.3, -0.25) is 0 Å². The van der Waals surface area contributed by atoms with E-state index in [9.17, 15) is 0 Å². The molecule has 0 unspecified atom stereocenters. The molecule has 0 atom stereocenters. The minimum absolute atomic E-state index is 0.380. The minimum Gasteiger partial charge on any atom is -0.493 e. The van der Waals surface area contributed by atoms with Gasteiger partial charge in [-0.25, -0.2) is 4.98 Å². The average Bonchev–Trinajstić information content (AvgIpc) is 2.27. The number of halogens is 2. The number of pyridine rings is 1. The molecule has 14 heavy (non-hydrogen) atoms. The quantitative estimate of drug-likeness (QED) is 0.705. The van der Waals surface area contributed by atoms with Gasteiger partial charge in [0.2, 0.25) is 0 Å². The van der Waals surface area contributed by atoms with Crippen molar-refractivity contribution < 1.29 is 4.74 Å². The molecule has 0 spiro atoms. The fraction of sp³-hybridized carbons (Fsp3) is 0.500. The van der Waals surface area contributed by atoms with Gasteiger partial charge in [0.05, 0.1) is 7.11 Å². The Bertz CT molecular complexity index is 244. The lowest BCUT2D eigenvalue weighted by Crippen LogP contribution is -1.85. The lowest BCUT2D eigenvalue weighted by Gasteiger charge is -2.00. The average molecular weight is 283 g/mol. The predicted molar refractivity (Wildman–Crippen MR) is 66.2 cm³/mol. The molecule has 82 valence electrons. The van der Waals surface area contributed by atoms with Crippen molar-refractivity contribution in [2.45, 2.75) is 27.7 Å². The molecule has 0 aliphatic rings. The first kappa shape index (κ1) is 16.2. The van der Waals surface area contributed by atoms with Gasteiger partial charge in [0, 0.05) is 10.7 Å². The van der Waals surface area contributed by atoms with Crippen LogP contribution in [0.25, 0.3) is 0 Å². The lowest BCUT2D eigenvalue weighted by molar-refractivity contribution is 0.413. The standard InChI is InChI=1S/C6H5BrClNO.2C2H6/c1-10-5-2-4(7)3-9-6(5)8;2*1-2/h2-3H,1H3;2*1-2H3. The third-order valence-electron chi connectivity index (χ3n) is 0.993. The van der Waals surface area contributed by atoms with E-state index in [1.807, 2.05) is 27.7 Å². The van der Waals surface area contributed by atoms with Crippen molar-refractivity contribution in [2.24, 2.45) is 0 Å². The van der Waals surface area contributed by atoms with E-state index in [1.165, 1.54) is 0 Å². The highest BCUT2D eigenvalue weighted by Crippen LogP contribution is 2.24. The van der Waals surface area contributed by atoms with Gasteiger partial charge in [0.25, 0.3) is 0 Å². The third kappa shape index (κ3) is 6.22. The van der Waals surface area contributed by atoms with Gasteiger partial charge in [-0.2, -0.15) is 0 Å². The zero-order chi connectivity index (χ0) is 11.6. The number of rotatable bonds is 1. The van der Waals surface area contributed by atoms with Crippen molar-refractivity contribution in [3.63, 3.8) is 0 Å². The molecular weight excluding hydrogens is 265 g/mol. The normalized spacial score (nSPS) is 7.64. The highest BCUT2D eigenvalue weighted by Gasteiger charge is 1.99. The van der Waals surface area contributed by atoms with E-state index in [0.29, 0.717) is 10.9 Å². The van der Waals surface area contributed by atoms with Crippen LogP contribution in [0, 0.1) is 0 Å². The molecule has 0 aliphatic heterocycles. The van der Waals surface area contributed by atoms with Crippen molar-refractivity contribution in [3.05, 3.63) is 21.9 Å². The second-order valence-corrected chi connectivity index (χ2v) is 2.92. The minimum atomic E-state index is 0.380. The van der Waals surface area contributed by atoms with Gasteiger partial charge < -0.3 is 4.74 Å². The summed E-state index contributed by atoms with van der Waals surface area (Å²) in [6.45, 7) is 8.00. The molecule has 0 aromatic carbocycles. The summed E-state index contributed by atoms with van der Waals surface area (Å²) in [7, 11) is 1.55. The number of ether oxygens (including phenoxy) is 1. The Morgan fingerprint density at radius 3 is 2.14 bits per heavy atom. The smallest absolute Gasteiger partial charge is 0.171 e. The van der Waals surface area contributed by atoms with Gasteiger partial charge in [-0.05, 0) is 22.0 Å². The molecule has 0 aliphatic carbocycles. The Kier molecular flexibility index (Phi) is 12.5. The summed E-state index contributed by atoms with van der Waals surface area (Å²) in [6, 6.07) is 1.76. The van der Waals surface area contributed by atoms with Crippen LogP contribution in [0.4, 0.5) is 0 Å². The fourth-order valence-corrected chi connectivity index (χ4v) is 1.04. The zero-order valence-corrected chi connectivity index (χ0v) is 11.6. The van der Waals surface area contributed by atoms with Crippen LogP contribution < -0.4 is 4.74 Å². The highest BCUT2D eigenvalue weighted by molar-refractivity contribution is 9.10. The largest absolute Gasteiger partial charge is 0.493 e. The van der Waals surface area contributed by atoms with Crippen molar-refractivity contribution >= 4 is 27.5 Å². The molecule has 0 bridgehead atoms. The molecular formula is C10H17BrClNO. The monoisotopic (exact) mass is 281 g/mol. The summed E-state index contributed by atoms with van der Waals surface area (Å²) < 4.78 is 5.76. The van der Waals surface area contributed by atoms with Crippen molar-refractivity contribution in [1.82, 2.24) is 4.98 Å². The first-order valence-corrected chi connectivity index (χ1v) is 5.76. The number of aromatic nitrogens is 1. The van der Waals surface area contributed by atoms with Crippen LogP contribution in [0.1, 0.15) is 27.7 Å². The fourth-order valence-electron chi connectivity index (χ4n) is 0.547. The first-order chi connectivity index (χ1) is 6.74.